The first-order valence-electron chi connectivity index (χ1n) is 11.5. The molecule has 1 N–H and O–H groups in total. The van der Waals surface area contributed by atoms with Crippen molar-refractivity contribution in [1.82, 2.24) is 0 Å². The summed E-state index contributed by atoms with van der Waals surface area (Å²) < 4.78 is 18.8. The van der Waals surface area contributed by atoms with Crippen LogP contribution in [0.25, 0.3) is 0 Å². The Hall–Kier alpha value is -3.25. The maximum absolute atomic E-state index is 12.4. The molecule has 34 heavy (non-hydrogen) atoms. The van der Waals surface area contributed by atoms with E-state index in [9.17, 15) is 9.90 Å². The molecule has 3 aromatic carbocycles. The van der Waals surface area contributed by atoms with Crippen molar-refractivity contribution in [2.75, 3.05) is 0 Å². The molecule has 176 valence electrons. The quantitative estimate of drug-likeness (QED) is 0.432. The van der Waals surface area contributed by atoms with Crippen molar-refractivity contribution in [1.29, 1.82) is 0 Å². The van der Waals surface area contributed by atoms with Crippen molar-refractivity contribution in [3.8, 4) is 0 Å². The Kier molecular flexibility index (Phi) is 8.26. The fourth-order valence-electron chi connectivity index (χ4n) is 4.09. The van der Waals surface area contributed by atoms with Crippen LogP contribution in [0.15, 0.2) is 102 Å². The number of carbonyl (C=O) groups excluding carboxylic acids is 1. The Morgan fingerprint density at radius 2 is 1.18 bits per heavy atom. The molecule has 0 spiro atoms. The van der Waals surface area contributed by atoms with Crippen LogP contribution in [0.3, 0.4) is 0 Å². The predicted octanol–water partition coefficient (Wildman–Crippen LogP) is 5.55. The molecule has 5 heteroatoms. The van der Waals surface area contributed by atoms with Crippen molar-refractivity contribution in [3.05, 3.63) is 119 Å². The Morgan fingerprint density at radius 3 is 1.65 bits per heavy atom. The van der Waals surface area contributed by atoms with Crippen molar-refractivity contribution in [3.63, 3.8) is 0 Å². The molecule has 1 aliphatic rings. The average Bonchev–Trinajstić information content (AvgIpc) is 2.87. The van der Waals surface area contributed by atoms with Crippen LogP contribution in [-0.4, -0.2) is 29.2 Å². The summed E-state index contributed by atoms with van der Waals surface area (Å²) in [5.74, 6) is -0.262. The van der Waals surface area contributed by atoms with Gasteiger partial charge in [0.15, 0.2) is 5.78 Å². The van der Waals surface area contributed by atoms with Gasteiger partial charge in [0.2, 0.25) is 0 Å². The van der Waals surface area contributed by atoms with Gasteiger partial charge in [0.25, 0.3) is 0 Å². The number of Topliss-reactive ketones (excluding diaryl/α,β-unsaturated/α-hetero) is 1. The summed E-state index contributed by atoms with van der Waals surface area (Å²) in [7, 11) is 0. The van der Waals surface area contributed by atoms with Gasteiger partial charge in [-0.2, -0.15) is 0 Å². The minimum Gasteiger partial charge on any atom is -0.509 e. The van der Waals surface area contributed by atoms with Gasteiger partial charge in [-0.1, -0.05) is 91.0 Å². The fourth-order valence-corrected chi connectivity index (χ4v) is 4.09. The molecule has 0 radical (unpaired) electrons. The van der Waals surface area contributed by atoms with E-state index in [0.29, 0.717) is 18.8 Å². The van der Waals surface area contributed by atoms with Crippen molar-refractivity contribution >= 4 is 5.78 Å². The van der Waals surface area contributed by atoms with E-state index in [1.165, 1.54) is 6.92 Å². The van der Waals surface area contributed by atoms with Crippen LogP contribution < -0.4 is 0 Å². The second kappa shape index (κ2) is 11.7. The topological polar surface area (TPSA) is 65.0 Å². The lowest BCUT2D eigenvalue weighted by molar-refractivity contribution is -0.157. The first-order chi connectivity index (χ1) is 16.6. The normalized spacial score (nSPS) is 20.3. The molecule has 0 aliphatic heterocycles. The molecule has 1 aliphatic carbocycles. The van der Waals surface area contributed by atoms with Gasteiger partial charge in [-0.25, -0.2) is 0 Å². The highest BCUT2D eigenvalue weighted by atomic mass is 16.6. The van der Waals surface area contributed by atoms with E-state index < -0.39 is 18.3 Å². The number of aliphatic hydroxyl groups is 1. The largest absolute Gasteiger partial charge is 0.509 e. The van der Waals surface area contributed by atoms with E-state index in [4.69, 9.17) is 14.2 Å². The third kappa shape index (κ3) is 6.20. The molecule has 0 saturated carbocycles. The highest BCUT2D eigenvalue weighted by Gasteiger charge is 2.42. The molecule has 3 aromatic rings. The highest BCUT2D eigenvalue weighted by molar-refractivity contribution is 5.94. The van der Waals surface area contributed by atoms with Crippen molar-refractivity contribution in [2.24, 2.45) is 0 Å². The Bertz CT molecular complexity index is 1080. The van der Waals surface area contributed by atoms with E-state index in [0.717, 1.165) is 16.7 Å². The van der Waals surface area contributed by atoms with Gasteiger partial charge in [-0.3, -0.25) is 4.79 Å². The maximum atomic E-state index is 12.4. The van der Waals surface area contributed by atoms with Crippen LogP contribution in [0.5, 0.6) is 0 Å². The zero-order valence-electron chi connectivity index (χ0n) is 19.3. The SMILES string of the molecule is CC(=O)C1=C(O)[C@@H](OCc2ccccc2)[C@H](OCc2ccccc2)[C@@H](OCc2ccccc2)C1. The minimum atomic E-state index is -0.822. The van der Waals surface area contributed by atoms with Gasteiger partial charge in [0.05, 0.1) is 25.9 Å². The Morgan fingerprint density at radius 1 is 0.735 bits per heavy atom. The Balaban J connectivity index is 1.59. The zero-order valence-corrected chi connectivity index (χ0v) is 19.3. The van der Waals surface area contributed by atoms with Gasteiger partial charge in [-0.05, 0) is 23.6 Å². The van der Waals surface area contributed by atoms with E-state index in [2.05, 4.69) is 0 Å². The van der Waals surface area contributed by atoms with Crippen LogP contribution >= 0.6 is 0 Å². The summed E-state index contributed by atoms with van der Waals surface area (Å²) >= 11 is 0. The fraction of sp³-hybridized carbons (Fsp3) is 0.276. The number of aliphatic hydroxyl groups excluding tert-OH is 1. The predicted molar refractivity (Wildman–Crippen MR) is 130 cm³/mol. The number of carbonyl (C=O) groups is 1. The van der Waals surface area contributed by atoms with E-state index >= 15 is 0 Å². The summed E-state index contributed by atoms with van der Waals surface area (Å²) in [4.78, 5) is 12.4. The molecular formula is C29H30O5. The number of hydrogen-bond donors (Lipinski definition) is 1. The van der Waals surface area contributed by atoms with Gasteiger partial charge < -0.3 is 19.3 Å². The van der Waals surface area contributed by atoms with E-state index in [1.54, 1.807) is 0 Å². The van der Waals surface area contributed by atoms with Crippen molar-refractivity contribution in [2.45, 2.75) is 51.5 Å². The van der Waals surface area contributed by atoms with Crippen LogP contribution in [-0.2, 0) is 38.8 Å². The number of hydrogen-bond acceptors (Lipinski definition) is 5. The second-order valence-electron chi connectivity index (χ2n) is 8.44. The molecule has 0 heterocycles. The third-order valence-electron chi connectivity index (χ3n) is 5.94. The lowest BCUT2D eigenvalue weighted by atomic mass is 9.88. The monoisotopic (exact) mass is 458 g/mol. The summed E-state index contributed by atoms with van der Waals surface area (Å²) in [5, 5.41) is 11.0. The number of rotatable bonds is 10. The third-order valence-corrected chi connectivity index (χ3v) is 5.94. The van der Waals surface area contributed by atoms with Crippen LogP contribution in [0, 0.1) is 0 Å². The van der Waals surface area contributed by atoms with Gasteiger partial charge in [-0.15, -0.1) is 0 Å². The number of ether oxygens (including phenoxy) is 3. The molecule has 0 unspecified atom stereocenters. The van der Waals surface area contributed by atoms with Gasteiger partial charge >= 0.3 is 0 Å². The van der Waals surface area contributed by atoms with Crippen molar-refractivity contribution < 1.29 is 24.1 Å². The van der Waals surface area contributed by atoms with Crippen LogP contribution in [0.4, 0.5) is 0 Å². The molecule has 3 atom stereocenters. The van der Waals surface area contributed by atoms with E-state index in [-0.39, 0.29) is 24.6 Å². The lowest BCUT2D eigenvalue weighted by Crippen LogP contribution is -2.48. The van der Waals surface area contributed by atoms with Crippen LogP contribution in [0.2, 0.25) is 0 Å². The summed E-state index contributed by atoms with van der Waals surface area (Å²) in [5.41, 5.74) is 3.32. The molecule has 0 bridgehead atoms. The molecule has 0 saturated heterocycles. The average molecular weight is 459 g/mol. The first-order valence-corrected chi connectivity index (χ1v) is 11.5. The highest BCUT2D eigenvalue weighted by Crippen LogP contribution is 2.33. The summed E-state index contributed by atoms with van der Waals surface area (Å²) in [6.45, 7) is 2.44. The standard InChI is InChI=1S/C29H30O5/c1-21(30)25-17-26(32-18-22-11-5-2-6-12-22)28(33-19-23-13-7-3-8-14-23)29(27(25)31)34-20-24-15-9-4-10-16-24/h2-16,26,28-29,31H,17-20H2,1H3/t26-,28+,29+/m0/s1. The molecule has 0 fully saturated rings. The molecule has 0 aromatic heterocycles. The maximum Gasteiger partial charge on any atom is 0.159 e. The van der Waals surface area contributed by atoms with Crippen LogP contribution in [0.1, 0.15) is 30.0 Å². The summed E-state index contributed by atoms with van der Waals surface area (Å²) in [6, 6.07) is 29.4. The lowest BCUT2D eigenvalue weighted by Gasteiger charge is -2.38. The first kappa shape index (κ1) is 23.9. The second-order valence-corrected chi connectivity index (χ2v) is 8.44. The minimum absolute atomic E-state index is 0.0685. The molecule has 4 rings (SSSR count). The molecule has 5 nitrogen and oxygen atoms in total. The van der Waals surface area contributed by atoms with Gasteiger partial charge in [0, 0.05) is 12.0 Å². The number of ketones is 1. The smallest absolute Gasteiger partial charge is 0.159 e. The zero-order chi connectivity index (χ0) is 23.8. The number of benzene rings is 3. The molecular weight excluding hydrogens is 428 g/mol. The van der Waals surface area contributed by atoms with E-state index in [1.807, 2.05) is 91.0 Å². The Labute approximate surface area is 200 Å². The van der Waals surface area contributed by atoms with Gasteiger partial charge in [0.1, 0.15) is 18.0 Å². The summed E-state index contributed by atoms with van der Waals surface area (Å²) in [6.07, 6.45) is -1.61. The molecule has 0 amide bonds.